The molecule has 0 aromatic rings. The van der Waals surface area contributed by atoms with Gasteiger partial charge in [0, 0.05) is 43.2 Å². The quantitative estimate of drug-likeness (QED) is 0.275. The number of carbonyl (C=O) groups excluding carboxylic acids is 2. The summed E-state index contributed by atoms with van der Waals surface area (Å²) in [6.45, 7) is 16.7. The Morgan fingerprint density at radius 3 is 1.41 bits per heavy atom. The van der Waals surface area contributed by atoms with Gasteiger partial charge in [-0.1, -0.05) is 41.5 Å². The van der Waals surface area contributed by atoms with Crippen molar-refractivity contribution in [2.75, 3.05) is 46.3 Å². The molecule has 0 radical (unpaired) electrons. The molecule has 0 aliphatic rings. The predicted molar refractivity (Wildman–Crippen MR) is 109 cm³/mol. The zero-order valence-electron chi connectivity index (χ0n) is 18.6. The van der Waals surface area contributed by atoms with Crippen molar-refractivity contribution in [3.63, 3.8) is 0 Å². The van der Waals surface area contributed by atoms with Crippen LogP contribution in [0, 0.1) is 10.8 Å². The van der Waals surface area contributed by atoms with Crippen LogP contribution in [0.25, 0.3) is 0 Å². The Labute approximate surface area is 177 Å². The summed E-state index contributed by atoms with van der Waals surface area (Å²) in [5.41, 5.74) is 5.01. The predicted octanol–water partition coefficient (Wildman–Crippen LogP) is -1.11. The molecule has 0 saturated carbocycles. The van der Waals surface area contributed by atoms with Crippen molar-refractivity contribution in [3.05, 3.63) is 0 Å². The minimum absolute atomic E-state index is 0. The Morgan fingerprint density at radius 1 is 0.778 bits per heavy atom. The van der Waals surface area contributed by atoms with Gasteiger partial charge in [0.25, 0.3) is 0 Å². The van der Waals surface area contributed by atoms with E-state index in [1.165, 1.54) is 0 Å². The summed E-state index contributed by atoms with van der Waals surface area (Å²) in [4.78, 5) is 23.9. The lowest BCUT2D eigenvalue weighted by atomic mass is 9.96. The van der Waals surface area contributed by atoms with Crippen LogP contribution < -0.4 is 33.3 Å². The first kappa shape index (κ1) is 28.5. The number of nitrogens with one attached hydrogen (secondary N) is 2. The van der Waals surface area contributed by atoms with E-state index in [9.17, 15) is 9.59 Å². The number of carbonyl (C=O) groups is 2. The van der Waals surface area contributed by atoms with E-state index in [0.717, 1.165) is 43.4 Å². The largest absolute Gasteiger partial charge is 1.00 e. The minimum Gasteiger partial charge on any atom is -1.00 e. The van der Waals surface area contributed by atoms with E-state index in [2.05, 4.69) is 17.7 Å². The van der Waals surface area contributed by atoms with Crippen molar-refractivity contribution in [1.29, 1.82) is 0 Å². The Kier molecular flexibility index (Phi) is 13.5. The average molecular weight is 451 g/mol. The van der Waals surface area contributed by atoms with Crippen molar-refractivity contribution in [2.45, 2.75) is 60.8 Å². The molecule has 0 bridgehead atoms. The first-order valence-electron chi connectivity index (χ1n) is 9.92. The number of hydrogen-bond acceptors (Lipinski definition) is 3. The van der Waals surface area contributed by atoms with Crippen LogP contribution in [-0.4, -0.2) is 62.6 Å². The van der Waals surface area contributed by atoms with Gasteiger partial charge in [0.05, 0.1) is 26.7 Å². The first-order valence-corrected chi connectivity index (χ1v) is 9.92. The van der Waals surface area contributed by atoms with Crippen LogP contribution in [0.2, 0.25) is 0 Å². The van der Waals surface area contributed by atoms with Gasteiger partial charge in [0.2, 0.25) is 11.8 Å². The summed E-state index contributed by atoms with van der Waals surface area (Å²) in [6.07, 6.45) is 2.87. The molecule has 0 spiro atoms. The average Bonchev–Trinajstić information content (AvgIpc) is 2.51. The van der Waals surface area contributed by atoms with E-state index in [1.807, 2.05) is 41.5 Å². The number of rotatable bonds is 11. The van der Waals surface area contributed by atoms with Gasteiger partial charge in [0.15, 0.2) is 0 Å². The highest BCUT2D eigenvalue weighted by atomic mass is 79.9. The van der Waals surface area contributed by atoms with E-state index in [0.29, 0.717) is 19.6 Å². The zero-order valence-corrected chi connectivity index (χ0v) is 20.2. The van der Waals surface area contributed by atoms with Crippen molar-refractivity contribution in [3.8, 4) is 0 Å². The van der Waals surface area contributed by atoms with Crippen LogP contribution in [0.1, 0.15) is 60.8 Å². The van der Waals surface area contributed by atoms with Crippen LogP contribution in [0.3, 0.4) is 0 Å². The summed E-state index contributed by atoms with van der Waals surface area (Å²) in [6, 6.07) is 0. The molecular formula is C20H43BrN4O2. The normalized spacial score (nSPS) is 12.3. The highest BCUT2D eigenvalue weighted by Gasteiger charge is 2.24. The molecule has 0 aliphatic heterocycles. The summed E-state index contributed by atoms with van der Waals surface area (Å²) in [5.74, 6) is 0.192. The number of hydrogen-bond donors (Lipinski definition) is 3. The third kappa shape index (κ3) is 13.2. The molecule has 6 nitrogen and oxygen atoms in total. The number of halogens is 1. The highest BCUT2D eigenvalue weighted by molar-refractivity contribution is 5.81. The molecule has 0 aliphatic carbocycles. The van der Waals surface area contributed by atoms with Gasteiger partial charge in [-0.25, -0.2) is 0 Å². The molecule has 0 aromatic carbocycles. The maximum Gasteiger partial charge on any atom is 0.225 e. The summed E-state index contributed by atoms with van der Waals surface area (Å²) in [7, 11) is 2.24. The molecule has 0 rings (SSSR count). The number of nitrogens with two attached hydrogens (primary N) is 1. The van der Waals surface area contributed by atoms with Crippen LogP contribution in [0.4, 0.5) is 0 Å². The summed E-state index contributed by atoms with van der Waals surface area (Å²) < 4.78 is 0.925. The van der Waals surface area contributed by atoms with E-state index >= 15 is 0 Å². The van der Waals surface area contributed by atoms with E-state index in [4.69, 9.17) is 5.73 Å². The first-order chi connectivity index (χ1) is 11.8. The lowest BCUT2D eigenvalue weighted by Crippen LogP contribution is -3.00. The fourth-order valence-corrected chi connectivity index (χ4v) is 2.66. The number of quaternary nitrogens is 1. The summed E-state index contributed by atoms with van der Waals surface area (Å²) >= 11 is 0. The lowest BCUT2D eigenvalue weighted by Gasteiger charge is -2.35. The topological polar surface area (TPSA) is 84.2 Å². The molecule has 0 saturated heterocycles. The Balaban J connectivity index is 0. The molecule has 0 atom stereocenters. The van der Waals surface area contributed by atoms with E-state index < -0.39 is 0 Å². The maximum atomic E-state index is 11.9. The minimum atomic E-state index is -0.344. The van der Waals surface area contributed by atoms with Crippen molar-refractivity contribution < 1.29 is 31.1 Å². The second-order valence-corrected chi connectivity index (χ2v) is 9.65. The lowest BCUT2D eigenvalue weighted by molar-refractivity contribution is -0.909. The van der Waals surface area contributed by atoms with Crippen LogP contribution >= 0.6 is 0 Å². The van der Waals surface area contributed by atoms with Crippen molar-refractivity contribution in [2.24, 2.45) is 16.6 Å². The molecule has 7 heteroatoms. The Hall–Kier alpha value is -0.660. The molecule has 162 valence electrons. The second-order valence-electron chi connectivity index (χ2n) is 9.65. The third-order valence-electron chi connectivity index (χ3n) is 4.59. The third-order valence-corrected chi connectivity index (χ3v) is 4.59. The van der Waals surface area contributed by atoms with E-state index in [1.54, 1.807) is 0 Å². The van der Waals surface area contributed by atoms with Crippen LogP contribution in [0.5, 0.6) is 0 Å². The SMILES string of the molecule is CC(C)(C)C(=O)NCCC[N+](C)(CCCN)CCCNC(=O)C(C)(C)C.[Br-]. The molecule has 0 aromatic heterocycles. The standard InChI is InChI=1S/C20H42N4O2.BrH/c1-19(2,3)17(25)22-12-9-15-24(7,14-8-11-21)16-10-13-23-18(26)20(4,5)6;/h8-16,21H2,1-7H3,(H-,22,23,25,26);1H. The smallest absolute Gasteiger partial charge is 0.225 e. The maximum absolute atomic E-state index is 11.9. The fourth-order valence-electron chi connectivity index (χ4n) is 2.66. The van der Waals surface area contributed by atoms with Gasteiger partial charge in [-0.3, -0.25) is 9.59 Å². The van der Waals surface area contributed by atoms with Gasteiger partial charge < -0.3 is 37.8 Å². The van der Waals surface area contributed by atoms with Crippen LogP contribution in [-0.2, 0) is 9.59 Å². The Morgan fingerprint density at radius 2 is 1.11 bits per heavy atom. The highest BCUT2D eigenvalue weighted by Crippen LogP contribution is 2.13. The van der Waals surface area contributed by atoms with Crippen molar-refractivity contribution >= 4 is 11.8 Å². The zero-order chi connectivity index (χ0) is 20.4. The molecule has 2 amide bonds. The monoisotopic (exact) mass is 450 g/mol. The molecule has 27 heavy (non-hydrogen) atoms. The van der Waals surface area contributed by atoms with Gasteiger partial charge in [-0.05, 0) is 6.54 Å². The molecule has 4 N–H and O–H groups in total. The van der Waals surface area contributed by atoms with Gasteiger partial charge in [-0.15, -0.1) is 0 Å². The number of amides is 2. The van der Waals surface area contributed by atoms with E-state index in [-0.39, 0.29) is 39.6 Å². The molecular weight excluding hydrogens is 408 g/mol. The number of nitrogens with zero attached hydrogens (tertiary/aromatic N) is 1. The second kappa shape index (κ2) is 12.7. The van der Waals surface area contributed by atoms with Gasteiger partial charge >= 0.3 is 0 Å². The summed E-state index contributed by atoms with van der Waals surface area (Å²) in [5, 5.41) is 6.04. The Bertz CT molecular complexity index is 408. The molecule has 0 fully saturated rings. The van der Waals surface area contributed by atoms with Gasteiger partial charge in [0.1, 0.15) is 0 Å². The van der Waals surface area contributed by atoms with Gasteiger partial charge in [-0.2, -0.15) is 0 Å². The molecule has 0 unspecified atom stereocenters. The van der Waals surface area contributed by atoms with Crippen LogP contribution in [0.15, 0.2) is 0 Å². The fraction of sp³-hybridized carbons (Fsp3) is 0.900. The van der Waals surface area contributed by atoms with Crippen molar-refractivity contribution in [1.82, 2.24) is 10.6 Å². The molecule has 0 heterocycles.